The van der Waals surface area contributed by atoms with Crippen LogP contribution in [0.1, 0.15) is 53.2 Å². The second-order valence-corrected chi connectivity index (χ2v) is 10.8. The summed E-state index contributed by atoms with van der Waals surface area (Å²) in [5.74, 6) is -1.69. The topological polar surface area (TPSA) is 117 Å². The number of hydrogen-bond donors (Lipinski definition) is 1. The van der Waals surface area contributed by atoms with Gasteiger partial charge in [-0.05, 0) is 59.7 Å². The molecule has 0 radical (unpaired) electrons. The Morgan fingerprint density at radius 1 is 0.949 bits per heavy atom. The lowest BCUT2D eigenvalue weighted by atomic mass is 10.1. The van der Waals surface area contributed by atoms with Crippen molar-refractivity contribution in [2.24, 2.45) is 7.05 Å². The molecule has 1 N–H and O–H groups in total. The van der Waals surface area contributed by atoms with Crippen LogP contribution in [0.2, 0.25) is 0 Å². The molecule has 0 amide bonds. The van der Waals surface area contributed by atoms with E-state index in [0.29, 0.717) is 5.56 Å². The number of rotatable bonds is 7. The van der Waals surface area contributed by atoms with Crippen LogP contribution in [-0.4, -0.2) is 52.7 Å². The fourth-order valence-corrected chi connectivity index (χ4v) is 3.55. The third kappa shape index (κ3) is 6.47. The molecule has 0 aliphatic rings. The number of aromatic nitrogens is 6. The first-order valence-electron chi connectivity index (χ1n) is 12.0. The summed E-state index contributed by atoms with van der Waals surface area (Å²) >= 11 is 0. The maximum absolute atomic E-state index is 14.0. The number of alkyl halides is 2. The van der Waals surface area contributed by atoms with Gasteiger partial charge >= 0.3 is 6.01 Å². The Labute approximate surface area is 222 Å². The summed E-state index contributed by atoms with van der Waals surface area (Å²) in [4.78, 5) is 8.70. The van der Waals surface area contributed by atoms with Gasteiger partial charge in [-0.1, -0.05) is 6.07 Å². The zero-order chi connectivity index (χ0) is 28.7. The molecule has 0 spiro atoms. The molecule has 39 heavy (non-hydrogen) atoms. The molecule has 4 rings (SSSR count). The van der Waals surface area contributed by atoms with E-state index in [2.05, 4.69) is 25.3 Å². The second-order valence-electron chi connectivity index (χ2n) is 10.8. The lowest BCUT2D eigenvalue weighted by Crippen LogP contribution is -2.26. The van der Waals surface area contributed by atoms with Gasteiger partial charge in [-0.25, -0.2) is 22.8 Å². The lowest BCUT2D eigenvalue weighted by Gasteiger charge is -2.24. The van der Waals surface area contributed by atoms with Gasteiger partial charge in [0.2, 0.25) is 11.8 Å². The van der Waals surface area contributed by atoms with Crippen LogP contribution in [0.3, 0.4) is 0 Å². The molecule has 10 nitrogen and oxygen atoms in total. The lowest BCUT2D eigenvalue weighted by molar-refractivity contribution is 0.00833. The number of aryl methyl sites for hydroxylation is 1. The van der Waals surface area contributed by atoms with Gasteiger partial charge in [0.05, 0.1) is 10.9 Å². The monoisotopic (exact) mass is 546 g/mol. The van der Waals surface area contributed by atoms with Crippen LogP contribution in [-0.2, 0) is 7.05 Å². The fourth-order valence-electron chi connectivity index (χ4n) is 3.55. The summed E-state index contributed by atoms with van der Waals surface area (Å²) in [5, 5.41) is 22.6. The van der Waals surface area contributed by atoms with Crippen molar-refractivity contribution in [3.8, 4) is 34.8 Å². The highest BCUT2D eigenvalue weighted by molar-refractivity contribution is 5.85. The van der Waals surface area contributed by atoms with Crippen molar-refractivity contribution in [2.45, 2.75) is 65.3 Å². The van der Waals surface area contributed by atoms with Crippen molar-refractivity contribution in [1.29, 1.82) is 0 Å². The molecular formula is C26H29F3N6O4. The first-order chi connectivity index (χ1) is 18.1. The van der Waals surface area contributed by atoms with Crippen molar-refractivity contribution in [1.82, 2.24) is 29.9 Å². The Morgan fingerprint density at radius 2 is 1.64 bits per heavy atom. The summed E-state index contributed by atoms with van der Waals surface area (Å²) < 4.78 is 60.3. The minimum Gasteiger partial charge on any atom is -0.505 e. The summed E-state index contributed by atoms with van der Waals surface area (Å²) in [7, 11) is 1.56. The van der Waals surface area contributed by atoms with E-state index in [4.69, 9.17) is 14.2 Å². The third-order valence-corrected chi connectivity index (χ3v) is 5.13. The predicted octanol–water partition coefficient (Wildman–Crippen LogP) is 5.40. The Bertz CT molecular complexity index is 1500. The first kappa shape index (κ1) is 27.9. The van der Waals surface area contributed by atoms with E-state index >= 15 is 0 Å². The molecule has 4 aromatic rings. The highest BCUT2D eigenvalue weighted by Crippen LogP contribution is 2.36. The summed E-state index contributed by atoms with van der Waals surface area (Å²) in [6.07, 6.45) is -3.38. The van der Waals surface area contributed by atoms with Crippen LogP contribution < -0.4 is 14.2 Å². The normalized spacial score (nSPS) is 13.1. The van der Waals surface area contributed by atoms with Crippen molar-refractivity contribution in [3.05, 3.63) is 41.8 Å². The van der Waals surface area contributed by atoms with Crippen LogP contribution in [0.15, 0.2) is 30.5 Å². The molecule has 0 aliphatic heterocycles. The molecule has 1 aromatic carbocycles. The van der Waals surface area contributed by atoms with Gasteiger partial charge in [0.15, 0.2) is 23.3 Å². The Morgan fingerprint density at radius 3 is 2.26 bits per heavy atom. The number of ether oxygens (including phenoxy) is 3. The first-order valence-corrected chi connectivity index (χ1v) is 12.0. The summed E-state index contributed by atoms with van der Waals surface area (Å²) in [6, 6.07) is 4.53. The van der Waals surface area contributed by atoms with Gasteiger partial charge in [-0.3, -0.25) is 0 Å². The number of halogens is 3. The van der Waals surface area contributed by atoms with Crippen molar-refractivity contribution >= 4 is 11.0 Å². The number of nitrogens with zero attached hydrogens (tertiary/aromatic N) is 6. The van der Waals surface area contributed by atoms with Gasteiger partial charge < -0.3 is 19.3 Å². The molecule has 1 atom stereocenters. The molecule has 0 aliphatic carbocycles. The predicted molar refractivity (Wildman–Crippen MR) is 136 cm³/mol. The number of fused-ring (bicyclic) bond motifs is 1. The molecule has 3 heterocycles. The maximum Gasteiger partial charge on any atom is 0.320 e. The van der Waals surface area contributed by atoms with Gasteiger partial charge in [-0.2, -0.15) is 4.98 Å². The van der Waals surface area contributed by atoms with Gasteiger partial charge in [0.1, 0.15) is 16.9 Å². The van der Waals surface area contributed by atoms with Crippen molar-refractivity contribution < 1.29 is 32.5 Å². The number of benzene rings is 1. The van der Waals surface area contributed by atoms with E-state index in [1.54, 1.807) is 13.1 Å². The number of phenolic OH excluding ortho intramolecular Hbond substituents is 1. The van der Waals surface area contributed by atoms with Crippen LogP contribution >= 0.6 is 0 Å². The zero-order valence-corrected chi connectivity index (χ0v) is 22.5. The van der Waals surface area contributed by atoms with E-state index in [0.717, 1.165) is 18.2 Å². The van der Waals surface area contributed by atoms with Crippen LogP contribution in [0, 0.1) is 5.82 Å². The number of phenols is 1. The quantitative estimate of drug-likeness (QED) is 0.325. The average molecular weight is 547 g/mol. The number of hydrogen-bond acceptors (Lipinski definition) is 9. The minimum absolute atomic E-state index is 0.104. The van der Waals surface area contributed by atoms with Crippen LogP contribution in [0.5, 0.6) is 23.5 Å². The Hall–Kier alpha value is -4.16. The zero-order valence-electron chi connectivity index (χ0n) is 22.5. The largest absolute Gasteiger partial charge is 0.505 e. The van der Waals surface area contributed by atoms with Gasteiger partial charge in [-0.15, -0.1) is 15.3 Å². The highest BCUT2D eigenvalue weighted by atomic mass is 19.3. The van der Waals surface area contributed by atoms with Crippen LogP contribution in [0.25, 0.3) is 22.3 Å². The maximum atomic E-state index is 14.0. The molecule has 13 heteroatoms. The van der Waals surface area contributed by atoms with E-state index in [-0.39, 0.29) is 40.1 Å². The van der Waals surface area contributed by atoms with Crippen molar-refractivity contribution in [3.63, 3.8) is 0 Å². The molecule has 0 unspecified atom stereocenters. The molecule has 3 aromatic heterocycles. The van der Waals surface area contributed by atoms with E-state index in [1.807, 2.05) is 41.5 Å². The van der Waals surface area contributed by atoms with Gasteiger partial charge in [0, 0.05) is 18.8 Å². The van der Waals surface area contributed by atoms with E-state index in [1.165, 1.54) is 10.9 Å². The smallest absolute Gasteiger partial charge is 0.320 e. The molecule has 208 valence electrons. The van der Waals surface area contributed by atoms with E-state index < -0.39 is 35.3 Å². The van der Waals surface area contributed by atoms with E-state index in [9.17, 15) is 18.3 Å². The third-order valence-electron chi connectivity index (χ3n) is 5.13. The van der Waals surface area contributed by atoms with Crippen LogP contribution in [0.4, 0.5) is 13.2 Å². The second kappa shape index (κ2) is 10.2. The standard InChI is InChI=1S/C26H29F3N6O4/c1-25(2,3)38-22-15(12-30-24(31-22)39-26(4,5)6)17-11-14-21(33-32-17)35(7)34-23(14)37-19(20(28)29)13-8-9-16(27)18(36)10-13/h8-12,19-20,36H,1-7H3/t19-/m1/s1. The fraction of sp³-hybridized carbons (Fsp3) is 0.423. The molecule has 0 saturated heterocycles. The Balaban J connectivity index is 1.79. The molecule has 0 fully saturated rings. The highest BCUT2D eigenvalue weighted by Gasteiger charge is 2.29. The number of aromatic hydroxyl groups is 1. The average Bonchev–Trinajstić information content (AvgIpc) is 3.12. The minimum atomic E-state index is -3.02. The summed E-state index contributed by atoms with van der Waals surface area (Å²) in [6.45, 7) is 11.1. The van der Waals surface area contributed by atoms with Crippen molar-refractivity contribution in [2.75, 3.05) is 0 Å². The molecular weight excluding hydrogens is 517 g/mol. The molecule has 0 saturated carbocycles. The molecule has 0 bridgehead atoms. The van der Waals surface area contributed by atoms with Gasteiger partial charge in [0.25, 0.3) is 6.43 Å². The summed E-state index contributed by atoms with van der Waals surface area (Å²) in [5.41, 5.74) is -0.402. The SMILES string of the molecule is Cn1nc(O[C@H](c2ccc(F)c(O)c2)C(F)F)c2cc(-c3cnc(OC(C)(C)C)nc3OC(C)(C)C)nnc21. The Kier molecular flexibility index (Phi) is 7.28.